The summed E-state index contributed by atoms with van der Waals surface area (Å²) in [6, 6.07) is 0.818. The van der Waals surface area contributed by atoms with Crippen molar-refractivity contribution in [3.63, 3.8) is 0 Å². The number of thioether (sulfide) groups is 1. The lowest BCUT2D eigenvalue weighted by Gasteiger charge is -2.12. The minimum atomic E-state index is 0.167. The second-order valence-electron chi connectivity index (χ2n) is 5.23. The second-order valence-corrected chi connectivity index (χ2v) is 6.24. The number of amidine groups is 1. The molecule has 1 amide bonds. The molecule has 0 spiro atoms. The Kier molecular flexibility index (Phi) is 4.31. The molecule has 2 aliphatic rings. The van der Waals surface area contributed by atoms with E-state index in [-0.39, 0.29) is 11.9 Å². The van der Waals surface area contributed by atoms with E-state index >= 15 is 0 Å². The van der Waals surface area contributed by atoms with Gasteiger partial charge in [0.2, 0.25) is 5.91 Å². The first-order chi connectivity index (χ1) is 8.13. The van der Waals surface area contributed by atoms with Crippen LogP contribution in [0.2, 0.25) is 0 Å². The number of nitrogens with zero attached hydrogens (tertiary/aromatic N) is 1. The van der Waals surface area contributed by atoms with Gasteiger partial charge in [-0.05, 0) is 18.8 Å². The van der Waals surface area contributed by atoms with E-state index in [2.05, 4.69) is 29.5 Å². The predicted molar refractivity (Wildman–Crippen MR) is 72.3 cm³/mol. The van der Waals surface area contributed by atoms with Crippen molar-refractivity contribution in [1.29, 1.82) is 0 Å². The molecule has 0 radical (unpaired) electrons. The average Bonchev–Trinajstić information content (AvgIpc) is 2.84. The SMILES string of the molecule is CC(C)CC1CSC(=NCC2CCC(=O)N2)N1. The van der Waals surface area contributed by atoms with Crippen LogP contribution in [0.1, 0.15) is 33.1 Å². The van der Waals surface area contributed by atoms with Crippen LogP contribution in [-0.4, -0.2) is 35.5 Å². The Bertz CT molecular complexity index is 317. The molecule has 2 saturated heterocycles. The monoisotopic (exact) mass is 255 g/mol. The lowest BCUT2D eigenvalue weighted by Crippen LogP contribution is -2.31. The van der Waals surface area contributed by atoms with Crippen LogP contribution in [0, 0.1) is 5.92 Å². The summed E-state index contributed by atoms with van der Waals surface area (Å²) in [5.41, 5.74) is 0. The number of nitrogens with one attached hydrogen (secondary N) is 2. The molecule has 4 nitrogen and oxygen atoms in total. The van der Waals surface area contributed by atoms with Crippen LogP contribution in [0.3, 0.4) is 0 Å². The summed E-state index contributed by atoms with van der Waals surface area (Å²) in [6.07, 6.45) is 2.79. The maximum absolute atomic E-state index is 11.0. The molecule has 5 heteroatoms. The minimum absolute atomic E-state index is 0.167. The number of hydrogen-bond donors (Lipinski definition) is 2. The zero-order chi connectivity index (χ0) is 12.3. The maximum Gasteiger partial charge on any atom is 0.220 e. The summed E-state index contributed by atoms with van der Waals surface area (Å²) >= 11 is 1.80. The van der Waals surface area contributed by atoms with E-state index in [4.69, 9.17) is 0 Å². The van der Waals surface area contributed by atoms with Crippen LogP contribution < -0.4 is 10.6 Å². The molecule has 2 aliphatic heterocycles. The number of aliphatic imine (C=N–C) groups is 1. The average molecular weight is 255 g/mol. The van der Waals surface area contributed by atoms with Crippen molar-refractivity contribution < 1.29 is 4.79 Å². The lowest BCUT2D eigenvalue weighted by atomic mass is 10.1. The number of hydrogen-bond acceptors (Lipinski definition) is 3. The summed E-state index contributed by atoms with van der Waals surface area (Å²) in [5, 5.41) is 7.45. The van der Waals surface area contributed by atoms with Crippen molar-refractivity contribution in [2.45, 2.75) is 45.2 Å². The van der Waals surface area contributed by atoms with Crippen LogP contribution in [0.15, 0.2) is 4.99 Å². The van der Waals surface area contributed by atoms with E-state index in [1.165, 1.54) is 6.42 Å². The molecule has 2 heterocycles. The number of amides is 1. The van der Waals surface area contributed by atoms with Crippen molar-refractivity contribution in [2.75, 3.05) is 12.3 Å². The van der Waals surface area contributed by atoms with Gasteiger partial charge in [0.15, 0.2) is 5.17 Å². The van der Waals surface area contributed by atoms with Gasteiger partial charge < -0.3 is 10.6 Å². The molecule has 2 atom stereocenters. The van der Waals surface area contributed by atoms with Gasteiger partial charge in [-0.1, -0.05) is 25.6 Å². The van der Waals surface area contributed by atoms with Gasteiger partial charge in [0.1, 0.15) is 0 Å². The van der Waals surface area contributed by atoms with Gasteiger partial charge in [-0.25, -0.2) is 0 Å². The van der Waals surface area contributed by atoms with E-state index in [1.807, 2.05) is 0 Å². The molecule has 17 heavy (non-hydrogen) atoms. The summed E-state index contributed by atoms with van der Waals surface area (Å²) in [6.45, 7) is 5.21. The van der Waals surface area contributed by atoms with Gasteiger partial charge >= 0.3 is 0 Å². The maximum atomic E-state index is 11.0. The van der Waals surface area contributed by atoms with Gasteiger partial charge in [-0.3, -0.25) is 9.79 Å². The van der Waals surface area contributed by atoms with Crippen molar-refractivity contribution >= 4 is 22.8 Å². The fourth-order valence-corrected chi connectivity index (χ4v) is 3.23. The third kappa shape index (κ3) is 3.91. The van der Waals surface area contributed by atoms with Gasteiger partial charge in [-0.15, -0.1) is 0 Å². The highest BCUT2D eigenvalue weighted by Gasteiger charge is 2.23. The van der Waals surface area contributed by atoms with E-state index in [9.17, 15) is 4.79 Å². The molecule has 0 aromatic heterocycles. The highest BCUT2D eigenvalue weighted by atomic mass is 32.2. The van der Waals surface area contributed by atoms with Gasteiger partial charge in [0, 0.05) is 24.3 Å². The first-order valence-electron chi connectivity index (χ1n) is 6.36. The zero-order valence-electron chi connectivity index (χ0n) is 10.5. The standard InChI is InChI=1S/C12H21N3OS/c1-8(2)5-10-7-17-12(15-10)13-6-9-3-4-11(16)14-9/h8-10H,3-7H2,1-2H3,(H,13,15)(H,14,16). The zero-order valence-corrected chi connectivity index (χ0v) is 11.3. The smallest absolute Gasteiger partial charge is 0.220 e. The van der Waals surface area contributed by atoms with E-state index in [0.29, 0.717) is 12.5 Å². The third-order valence-corrected chi connectivity index (χ3v) is 4.13. The second kappa shape index (κ2) is 5.76. The molecular weight excluding hydrogens is 234 g/mol. The van der Waals surface area contributed by atoms with Crippen LogP contribution in [0.4, 0.5) is 0 Å². The van der Waals surface area contributed by atoms with Crippen molar-refractivity contribution in [3.05, 3.63) is 0 Å². The fraction of sp³-hybridized carbons (Fsp3) is 0.833. The van der Waals surface area contributed by atoms with Crippen LogP contribution in [-0.2, 0) is 4.79 Å². The van der Waals surface area contributed by atoms with Gasteiger partial charge in [0.05, 0.1) is 6.54 Å². The molecule has 0 bridgehead atoms. The predicted octanol–water partition coefficient (Wildman–Crippen LogP) is 1.37. The molecule has 2 N–H and O–H groups in total. The molecule has 0 saturated carbocycles. The normalized spacial score (nSPS) is 31.0. The molecule has 2 rings (SSSR count). The highest BCUT2D eigenvalue weighted by molar-refractivity contribution is 8.14. The molecule has 0 aromatic rings. The largest absolute Gasteiger partial charge is 0.361 e. The summed E-state index contributed by atoms with van der Waals surface area (Å²) in [5.74, 6) is 2.01. The summed E-state index contributed by atoms with van der Waals surface area (Å²) in [7, 11) is 0. The Labute approximate surface area is 107 Å². The van der Waals surface area contributed by atoms with Crippen LogP contribution >= 0.6 is 11.8 Å². The van der Waals surface area contributed by atoms with Crippen molar-refractivity contribution in [3.8, 4) is 0 Å². The van der Waals surface area contributed by atoms with Crippen molar-refractivity contribution in [1.82, 2.24) is 10.6 Å². The van der Waals surface area contributed by atoms with Crippen LogP contribution in [0.5, 0.6) is 0 Å². The van der Waals surface area contributed by atoms with Gasteiger partial charge in [-0.2, -0.15) is 0 Å². The van der Waals surface area contributed by atoms with E-state index in [1.54, 1.807) is 11.8 Å². The fourth-order valence-electron chi connectivity index (χ4n) is 2.23. The molecule has 96 valence electrons. The molecule has 2 fully saturated rings. The third-order valence-electron chi connectivity index (χ3n) is 3.05. The minimum Gasteiger partial charge on any atom is -0.361 e. The number of carbonyl (C=O) groups excluding carboxylic acids is 1. The molecule has 2 unspecified atom stereocenters. The number of carbonyl (C=O) groups is 1. The number of rotatable bonds is 4. The summed E-state index contributed by atoms with van der Waals surface area (Å²) in [4.78, 5) is 15.6. The van der Waals surface area contributed by atoms with Crippen molar-refractivity contribution in [2.24, 2.45) is 10.9 Å². The topological polar surface area (TPSA) is 53.5 Å². The Hall–Kier alpha value is -0.710. The Morgan fingerprint density at radius 2 is 2.24 bits per heavy atom. The Morgan fingerprint density at radius 3 is 2.88 bits per heavy atom. The molecule has 0 aromatic carbocycles. The van der Waals surface area contributed by atoms with E-state index < -0.39 is 0 Å². The Balaban J connectivity index is 1.74. The van der Waals surface area contributed by atoms with E-state index in [0.717, 1.165) is 29.8 Å². The molecule has 0 aliphatic carbocycles. The summed E-state index contributed by atoms with van der Waals surface area (Å²) < 4.78 is 0. The first-order valence-corrected chi connectivity index (χ1v) is 7.35. The lowest BCUT2D eigenvalue weighted by molar-refractivity contribution is -0.119. The Morgan fingerprint density at radius 1 is 1.41 bits per heavy atom. The highest BCUT2D eigenvalue weighted by Crippen LogP contribution is 2.19. The quantitative estimate of drug-likeness (QED) is 0.798. The van der Waals surface area contributed by atoms with Crippen LogP contribution in [0.25, 0.3) is 0 Å². The molecular formula is C12H21N3OS. The van der Waals surface area contributed by atoms with Gasteiger partial charge in [0.25, 0.3) is 0 Å². The first kappa shape index (κ1) is 12.7.